The van der Waals surface area contributed by atoms with Gasteiger partial charge in [0, 0.05) is 0 Å². The van der Waals surface area contributed by atoms with E-state index in [1.165, 1.54) is 0 Å². The number of phenolic OH excluding ortho intramolecular Hbond substituents is 1. The Kier molecular flexibility index (Phi) is 4.06. The zero-order valence-corrected chi connectivity index (χ0v) is 12.5. The van der Waals surface area contributed by atoms with Gasteiger partial charge < -0.3 is 9.84 Å². The predicted octanol–water partition coefficient (Wildman–Crippen LogP) is 4.62. The van der Waals surface area contributed by atoms with Crippen molar-refractivity contribution in [1.82, 2.24) is 0 Å². The first-order valence-corrected chi connectivity index (χ1v) is 6.67. The summed E-state index contributed by atoms with van der Waals surface area (Å²) in [4.78, 5) is 10.2. The molecule has 0 aliphatic rings. The summed E-state index contributed by atoms with van der Waals surface area (Å²) < 4.78 is 6.12. The molecule has 2 aromatic rings. The maximum Gasteiger partial charge on any atom is 0.315 e. The molecule has 2 rings (SSSR count). The third-order valence-corrected chi connectivity index (χ3v) is 4.39. The van der Waals surface area contributed by atoms with Gasteiger partial charge in [0.2, 0.25) is 5.75 Å². The minimum absolute atomic E-state index is 0.174. The van der Waals surface area contributed by atoms with Gasteiger partial charge in [0.25, 0.3) is 0 Å². The van der Waals surface area contributed by atoms with E-state index in [9.17, 15) is 15.2 Å². The van der Waals surface area contributed by atoms with E-state index in [0.717, 1.165) is 6.07 Å². The molecule has 0 fully saturated rings. The van der Waals surface area contributed by atoms with Crippen molar-refractivity contribution in [2.45, 2.75) is 0 Å². The number of para-hydroxylation sites is 1. The third kappa shape index (κ3) is 2.87. The van der Waals surface area contributed by atoms with Crippen LogP contribution in [0.2, 0.25) is 0 Å². The van der Waals surface area contributed by atoms with Crippen LogP contribution in [0.5, 0.6) is 17.2 Å². The molecular weight excluding hydrogens is 382 g/mol. The molecule has 0 aliphatic heterocycles. The fraction of sp³-hybridized carbons (Fsp3) is 0. The predicted molar refractivity (Wildman–Crippen MR) is 76.7 cm³/mol. The minimum Gasteiger partial charge on any atom is -0.501 e. The molecule has 0 aliphatic carbocycles. The van der Waals surface area contributed by atoms with Gasteiger partial charge >= 0.3 is 5.69 Å². The summed E-state index contributed by atoms with van der Waals surface area (Å²) in [5.41, 5.74) is -0.430. The van der Waals surface area contributed by atoms with Crippen LogP contribution in [0.3, 0.4) is 0 Å². The van der Waals surface area contributed by atoms with E-state index in [4.69, 9.17) is 4.74 Å². The summed E-state index contributed by atoms with van der Waals surface area (Å²) in [5, 5.41) is 20.5. The second kappa shape index (κ2) is 5.58. The topological polar surface area (TPSA) is 72.6 Å². The number of hydrogen-bond acceptors (Lipinski definition) is 4. The standard InChI is InChI=1S/C12H7Br2NO4/c13-10-9(19-7-4-2-1-3-5-7)6-8(15(17)18)12(16)11(10)14/h1-6,16H. The Morgan fingerprint density at radius 1 is 1.16 bits per heavy atom. The lowest BCUT2D eigenvalue weighted by Gasteiger charge is -2.10. The van der Waals surface area contributed by atoms with Crippen molar-refractivity contribution in [2.75, 3.05) is 0 Å². The first-order valence-electron chi connectivity index (χ1n) is 5.09. The van der Waals surface area contributed by atoms with E-state index in [-0.39, 0.29) is 10.2 Å². The van der Waals surface area contributed by atoms with Crippen molar-refractivity contribution in [3.8, 4) is 17.2 Å². The molecule has 0 amide bonds. The number of benzene rings is 2. The molecular formula is C12H7Br2NO4. The molecule has 2 aromatic carbocycles. The van der Waals surface area contributed by atoms with Gasteiger partial charge in [0.05, 0.1) is 19.9 Å². The number of ether oxygens (including phenoxy) is 1. The number of nitrogens with zero attached hydrogens (tertiary/aromatic N) is 1. The van der Waals surface area contributed by atoms with E-state index >= 15 is 0 Å². The Labute approximate surface area is 125 Å². The Morgan fingerprint density at radius 2 is 1.79 bits per heavy atom. The minimum atomic E-state index is -0.676. The first-order chi connectivity index (χ1) is 9.00. The molecule has 1 N–H and O–H groups in total. The second-order valence-electron chi connectivity index (χ2n) is 3.54. The lowest BCUT2D eigenvalue weighted by molar-refractivity contribution is -0.386. The monoisotopic (exact) mass is 387 g/mol. The van der Waals surface area contributed by atoms with Crippen LogP contribution >= 0.6 is 31.9 Å². The summed E-state index contributed by atoms with van der Waals surface area (Å²) in [6.45, 7) is 0. The zero-order chi connectivity index (χ0) is 14.0. The normalized spacial score (nSPS) is 10.2. The lowest BCUT2D eigenvalue weighted by atomic mass is 10.2. The van der Waals surface area contributed by atoms with Crippen LogP contribution in [0.4, 0.5) is 5.69 Å². The highest BCUT2D eigenvalue weighted by Crippen LogP contribution is 2.45. The van der Waals surface area contributed by atoms with Crippen LogP contribution in [0.15, 0.2) is 45.3 Å². The number of rotatable bonds is 3. The van der Waals surface area contributed by atoms with Gasteiger partial charge in [0.15, 0.2) is 0 Å². The SMILES string of the molecule is O=[N+]([O-])c1cc(Oc2ccccc2)c(Br)c(Br)c1O. The quantitative estimate of drug-likeness (QED) is 0.615. The molecule has 0 spiro atoms. The second-order valence-corrected chi connectivity index (χ2v) is 5.13. The average Bonchev–Trinajstić information content (AvgIpc) is 2.40. The number of halogens is 2. The molecule has 0 saturated heterocycles. The number of phenols is 1. The summed E-state index contributed by atoms with van der Waals surface area (Å²) >= 11 is 6.30. The highest BCUT2D eigenvalue weighted by atomic mass is 79.9. The number of nitro benzene ring substituents is 1. The molecule has 7 heteroatoms. The summed E-state index contributed by atoms with van der Waals surface area (Å²) in [6, 6.07) is 10.0. The fourth-order valence-corrected chi connectivity index (χ4v) is 2.19. The van der Waals surface area contributed by atoms with Crippen LogP contribution in [-0.2, 0) is 0 Å². The van der Waals surface area contributed by atoms with E-state index in [1.54, 1.807) is 24.3 Å². The molecule has 19 heavy (non-hydrogen) atoms. The van der Waals surface area contributed by atoms with Gasteiger partial charge in [-0.1, -0.05) is 18.2 Å². The molecule has 0 bridgehead atoms. The zero-order valence-electron chi connectivity index (χ0n) is 9.34. The molecule has 0 heterocycles. The molecule has 0 saturated carbocycles. The van der Waals surface area contributed by atoms with Crippen molar-refractivity contribution in [1.29, 1.82) is 0 Å². The maximum absolute atomic E-state index is 10.8. The summed E-state index contributed by atoms with van der Waals surface area (Å²) in [6.07, 6.45) is 0. The van der Waals surface area contributed by atoms with Gasteiger partial charge in [-0.3, -0.25) is 10.1 Å². The van der Waals surface area contributed by atoms with Crippen LogP contribution in [-0.4, -0.2) is 10.0 Å². The van der Waals surface area contributed by atoms with Gasteiger partial charge in [-0.05, 0) is 44.0 Å². The van der Waals surface area contributed by atoms with Gasteiger partial charge in [-0.25, -0.2) is 0 Å². The van der Waals surface area contributed by atoms with Crippen LogP contribution < -0.4 is 4.74 Å². The summed E-state index contributed by atoms with van der Waals surface area (Å²) in [7, 11) is 0. The van der Waals surface area contributed by atoms with Crippen molar-refractivity contribution >= 4 is 37.5 Å². The fourth-order valence-electron chi connectivity index (χ4n) is 1.41. The van der Waals surface area contributed by atoms with Gasteiger partial charge in [-0.2, -0.15) is 0 Å². The van der Waals surface area contributed by atoms with Crippen molar-refractivity contribution in [3.05, 3.63) is 55.5 Å². The molecule has 0 aromatic heterocycles. The van der Waals surface area contributed by atoms with Crippen LogP contribution in [0.25, 0.3) is 0 Å². The Hall–Kier alpha value is -1.60. The molecule has 0 atom stereocenters. The molecule has 0 radical (unpaired) electrons. The van der Waals surface area contributed by atoms with Crippen LogP contribution in [0, 0.1) is 10.1 Å². The Morgan fingerprint density at radius 3 is 2.37 bits per heavy atom. The molecule has 0 unspecified atom stereocenters. The Bertz CT molecular complexity index is 631. The molecule has 5 nitrogen and oxygen atoms in total. The van der Waals surface area contributed by atoms with E-state index in [1.807, 2.05) is 6.07 Å². The number of aromatic hydroxyl groups is 1. The largest absolute Gasteiger partial charge is 0.501 e. The van der Waals surface area contributed by atoms with E-state index in [2.05, 4.69) is 31.9 Å². The van der Waals surface area contributed by atoms with Crippen molar-refractivity contribution in [2.24, 2.45) is 0 Å². The first kappa shape index (κ1) is 13.8. The number of hydrogen-bond donors (Lipinski definition) is 1. The van der Waals surface area contributed by atoms with E-state index in [0.29, 0.717) is 10.2 Å². The van der Waals surface area contributed by atoms with Crippen molar-refractivity contribution < 1.29 is 14.8 Å². The van der Waals surface area contributed by atoms with Crippen molar-refractivity contribution in [3.63, 3.8) is 0 Å². The van der Waals surface area contributed by atoms with Crippen LogP contribution in [0.1, 0.15) is 0 Å². The van der Waals surface area contributed by atoms with E-state index < -0.39 is 16.4 Å². The maximum atomic E-state index is 10.8. The smallest absolute Gasteiger partial charge is 0.315 e. The number of nitro groups is 1. The third-order valence-electron chi connectivity index (χ3n) is 2.30. The highest BCUT2D eigenvalue weighted by molar-refractivity contribution is 9.13. The van der Waals surface area contributed by atoms with Gasteiger partial charge in [-0.15, -0.1) is 0 Å². The average molecular weight is 389 g/mol. The van der Waals surface area contributed by atoms with Gasteiger partial charge in [0.1, 0.15) is 11.5 Å². The Balaban J connectivity index is 2.49. The highest BCUT2D eigenvalue weighted by Gasteiger charge is 2.23. The molecule has 98 valence electrons. The summed E-state index contributed by atoms with van der Waals surface area (Å²) in [5.74, 6) is 0.329. The lowest BCUT2D eigenvalue weighted by Crippen LogP contribution is -1.93.